The predicted molar refractivity (Wildman–Crippen MR) is 128 cm³/mol. The molecule has 1 atom stereocenters. The number of amides is 1. The highest BCUT2D eigenvalue weighted by Crippen LogP contribution is 2.39. The molecule has 1 N–H and O–H groups in total. The van der Waals surface area contributed by atoms with Gasteiger partial charge in [-0.25, -0.2) is 0 Å². The third-order valence-electron chi connectivity index (χ3n) is 5.56. The molecule has 1 saturated heterocycles. The summed E-state index contributed by atoms with van der Waals surface area (Å²) in [5, 5.41) is -0.406. The van der Waals surface area contributed by atoms with E-state index in [0.29, 0.717) is 42.1 Å². The van der Waals surface area contributed by atoms with Crippen LogP contribution in [0.4, 0.5) is 5.69 Å². The molecule has 0 bridgehead atoms. The van der Waals surface area contributed by atoms with E-state index in [1.54, 1.807) is 22.0 Å². The number of allylic oxidation sites excluding steroid dienone is 2. The second-order valence-corrected chi connectivity index (χ2v) is 9.93. The van der Waals surface area contributed by atoms with E-state index >= 15 is 0 Å². The topological polar surface area (TPSA) is 90.4 Å². The number of ether oxygens (including phenoxy) is 1. The summed E-state index contributed by atoms with van der Waals surface area (Å²) >= 11 is 5.51. The Morgan fingerprint density at radius 1 is 1.12 bits per heavy atom. The average molecular weight is 480 g/mol. The number of thiocarbonyl (C=S) groups is 1. The smallest absolute Gasteiger partial charge is 0.276 e. The Kier molecular flexibility index (Phi) is 7.58. The molecule has 174 valence electrons. The summed E-state index contributed by atoms with van der Waals surface area (Å²) in [7, 11) is -4.12. The molecule has 0 saturated carbocycles. The zero-order chi connectivity index (χ0) is 23.5. The van der Waals surface area contributed by atoms with Crippen LogP contribution >= 0.6 is 12.2 Å². The maximum atomic E-state index is 13.0. The van der Waals surface area contributed by atoms with E-state index in [1.165, 1.54) is 6.92 Å². The van der Waals surface area contributed by atoms with Crippen molar-refractivity contribution in [3.63, 3.8) is 0 Å². The summed E-state index contributed by atoms with van der Waals surface area (Å²) in [6.07, 6.45) is 5.45. The van der Waals surface area contributed by atoms with Gasteiger partial charge in [0.2, 0.25) is 5.88 Å². The molecular weight excluding hydrogens is 450 g/mol. The minimum atomic E-state index is -4.12. The first kappa shape index (κ1) is 24.2. The molecule has 1 fully saturated rings. The Hall–Kier alpha value is -2.43. The Labute approximate surface area is 194 Å². The number of para-hydroxylation sites is 2. The monoisotopic (exact) mass is 479 g/mol. The van der Waals surface area contributed by atoms with Crippen molar-refractivity contribution in [1.82, 2.24) is 9.80 Å². The van der Waals surface area contributed by atoms with Gasteiger partial charge in [0.1, 0.15) is 5.70 Å². The highest BCUT2D eigenvalue weighted by molar-refractivity contribution is 7.86. The number of benzene rings is 1. The lowest BCUT2D eigenvalue weighted by Crippen LogP contribution is -2.33. The van der Waals surface area contributed by atoms with Crippen molar-refractivity contribution in [1.29, 1.82) is 0 Å². The molecule has 0 spiro atoms. The Morgan fingerprint density at radius 3 is 2.50 bits per heavy atom. The maximum absolute atomic E-state index is 13.0. The first-order chi connectivity index (χ1) is 15.2. The summed E-state index contributed by atoms with van der Waals surface area (Å²) in [6.45, 7) is 6.94. The molecule has 0 aliphatic carbocycles. The first-order valence-electron chi connectivity index (χ1n) is 10.7. The minimum absolute atomic E-state index is 0.135. The number of fused-ring (bicyclic) bond motifs is 1. The zero-order valence-electron chi connectivity index (χ0n) is 18.5. The summed E-state index contributed by atoms with van der Waals surface area (Å²) in [5.74, 6) is 0.981. The molecule has 32 heavy (non-hydrogen) atoms. The first-order valence-corrected chi connectivity index (χ1v) is 12.7. The third kappa shape index (κ3) is 4.97. The van der Waals surface area contributed by atoms with E-state index in [1.807, 2.05) is 36.1 Å². The minimum Gasteiger partial charge on any atom is -0.439 e. The predicted octanol–water partition coefficient (Wildman–Crippen LogP) is 3.53. The summed E-state index contributed by atoms with van der Waals surface area (Å²) < 4.78 is 38.1. The van der Waals surface area contributed by atoms with Crippen molar-refractivity contribution >= 4 is 39.0 Å². The van der Waals surface area contributed by atoms with E-state index in [9.17, 15) is 17.8 Å². The number of carbonyl (C=O) groups is 1. The van der Waals surface area contributed by atoms with Gasteiger partial charge in [-0.1, -0.05) is 25.5 Å². The molecule has 0 radical (unpaired) electrons. The van der Waals surface area contributed by atoms with Crippen molar-refractivity contribution < 1.29 is 22.5 Å². The summed E-state index contributed by atoms with van der Waals surface area (Å²) in [4.78, 5) is 18.2. The number of rotatable bonds is 9. The van der Waals surface area contributed by atoms with Crippen molar-refractivity contribution in [3.05, 3.63) is 48.0 Å². The van der Waals surface area contributed by atoms with Crippen LogP contribution in [0.1, 0.15) is 40.0 Å². The second-order valence-electron chi connectivity index (χ2n) is 7.73. The van der Waals surface area contributed by atoms with E-state index in [2.05, 4.69) is 6.92 Å². The number of anilines is 1. The van der Waals surface area contributed by atoms with Crippen LogP contribution in [0.15, 0.2) is 48.0 Å². The van der Waals surface area contributed by atoms with Gasteiger partial charge in [-0.05, 0) is 57.1 Å². The molecule has 2 heterocycles. The SMILES string of the molecule is CCCCN1C(=O)/C(=C\C=C2\Oc3ccccc3N2CCC(C)S(=O)(=O)O)N(CC)C1=S. The molecule has 2 aliphatic heterocycles. The summed E-state index contributed by atoms with van der Waals surface area (Å²) in [5.41, 5.74) is 1.27. The number of hydrogen-bond acceptors (Lipinski definition) is 6. The van der Waals surface area contributed by atoms with Gasteiger partial charge in [0, 0.05) is 25.7 Å². The van der Waals surface area contributed by atoms with Crippen LogP contribution in [0.5, 0.6) is 5.75 Å². The molecule has 1 unspecified atom stereocenters. The number of likely N-dealkylation sites (N-methyl/N-ethyl adjacent to an activating group) is 1. The fourth-order valence-electron chi connectivity index (χ4n) is 3.59. The van der Waals surface area contributed by atoms with E-state index in [4.69, 9.17) is 17.0 Å². The lowest BCUT2D eigenvalue weighted by Gasteiger charge is -2.20. The quantitative estimate of drug-likeness (QED) is 0.327. The zero-order valence-corrected chi connectivity index (χ0v) is 20.2. The van der Waals surface area contributed by atoms with Crippen molar-refractivity contribution in [3.8, 4) is 5.75 Å². The van der Waals surface area contributed by atoms with Gasteiger partial charge < -0.3 is 14.5 Å². The largest absolute Gasteiger partial charge is 0.439 e. The average Bonchev–Trinajstić information content (AvgIpc) is 3.21. The lowest BCUT2D eigenvalue weighted by atomic mass is 10.2. The highest BCUT2D eigenvalue weighted by atomic mass is 32.2. The number of nitrogens with zero attached hydrogens (tertiary/aromatic N) is 3. The van der Waals surface area contributed by atoms with Gasteiger partial charge in [0.15, 0.2) is 10.9 Å². The van der Waals surface area contributed by atoms with Crippen molar-refractivity contribution in [2.45, 2.75) is 45.3 Å². The standard InChI is InChI=1S/C22H29N3O5S2/c1-4-6-14-25-21(26)18(23(5-2)22(25)31)11-12-20-24(15-13-16(3)32(27,28)29)17-9-7-8-10-19(17)30-20/h7-12,16H,4-6,13-15H2,1-3H3,(H,27,28,29)/b18-11+,20-12+. The Bertz CT molecular complexity index is 1050. The highest BCUT2D eigenvalue weighted by Gasteiger charge is 2.36. The molecule has 10 heteroatoms. The molecule has 0 aromatic heterocycles. The van der Waals surface area contributed by atoms with Crippen LogP contribution in [0.2, 0.25) is 0 Å². The number of carbonyl (C=O) groups excluding carboxylic acids is 1. The molecule has 2 aliphatic rings. The maximum Gasteiger partial charge on any atom is 0.276 e. The van der Waals surface area contributed by atoms with Crippen molar-refractivity contribution in [2.24, 2.45) is 0 Å². The van der Waals surface area contributed by atoms with E-state index in [0.717, 1.165) is 18.5 Å². The van der Waals surface area contributed by atoms with Crippen LogP contribution in [0, 0.1) is 0 Å². The molecular formula is C22H29N3O5S2. The molecule has 1 amide bonds. The van der Waals surface area contributed by atoms with Gasteiger partial charge in [0.25, 0.3) is 16.0 Å². The van der Waals surface area contributed by atoms with Gasteiger partial charge in [-0.3, -0.25) is 14.2 Å². The molecule has 3 rings (SSSR count). The van der Waals surface area contributed by atoms with E-state index in [-0.39, 0.29) is 12.3 Å². The molecule has 8 nitrogen and oxygen atoms in total. The van der Waals surface area contributed by atoms with Crippen LogP contribution < -0.4 is 9.64 Å². The fourth-order valence-corrected chi connectivity index (χ4v) is 4.39. The van der Waals surface area contributed by atoms with Crippen LogP contribution in [-0.2, 0) is 14.9 Å². The van der Waals surface area contributed by atoms with Gasteiger partial charge in [0.05, 0.1) is 10.9 Å². The molecule has 1 aromatic rings. The summed E-state index contributed by atoms with van der Waals surface area (Å²) in [6, 6.07) is 7.42. The third-order valence-corrected chi connectivity index (χ3v) is 7.25. The van der Waals surface area contributed by atoms with E-state index < -0.39 is 15.4 Å². The fraction of sp³-hybridized carbons (Fsp3) is 0.455. The van der Waals surface area contributed by atoms with Crippen LogP contribution in [0.25, 0.3) is 0 Å². The Balaban J connectivity index is 1.89. The van der Waals surface area contributed by atoms with Gasteiger partial charge in [-0.2, -0.15) is 8.42 Å². The second kappa shape index (κ2) is 10.0. The van der Waals surface area contributed by atoms with Crippen molar-refractivity contribution in [2.75, 3.05) is 24.5 Å². The van der Waals surface area contributed by atoms with Gasteiger partial charge in [-0.15, -0.1) is 0 Å². The lowest BCUT2D eigenvalue weighted by molar-refractivity contribution is -0.122. The normalized spacial score (nSPS) is 19.8. The van der Waals surface area contributed by atoms with Crippen LogP contribution in [-0.4, -0.2) is 58.7 Å². The van der Waals surface area contributed by atoms with Gasteiger partial charge >= 0.3 is 0 Å². The number of hydrogen-bond donors (Lipinski definition) is 1. The van der Waals surface area contributed by atoms with Crippen LogP contribution in [0.3, 0.4) is 0 Å². The number of unbranched alkanes of at least 4 members (excludes halogenated alkanes) is 1. The molecule has 1 aromatic carbocycles. The Morgan fingerprint density at radius 2 is 1.84 bits per heavy atom.